The van der Waals surface area contributed by atoms with Gasteiger partial charge in [-0.2, -0.15) is 0 Å². The Morgan fingerprint density at radius 2 is 1.81 bits per heavy atom. The molecule has 21 heavy (non-hydrogen) atoms. The van der Waals surface area contributed by atoms with Crippen molar-refractivity contribution in [3.8, 4) is 5.75 Å². The molecule has 0 aliphatic heterocycles. The van der Waals surface area contributed by atoms with E-state index in [-0.39, 0.29) is 5.54 Å². The van der Waals surface area contributed by atoms with E-state index in [0.717, 1.165) is 18.7 Å². The van der Waals surface area contributed by atoms with Crippen LogP contribution in [-0.2, 0) is 0 Å². The lowest BCUT2D eigenvalue weighted by Crippen LogP contribution is -2.51. The number of rotatable bonds is 7. The quantitative estimate of drug-likeness (QED) is 0.829. The van der Waals surface area contributed by atoms with Crippen molar-refractivity contribution in [3.63, 3.8) is 0 Å². The van der Waals surface area contributed by atoms with Gasteiger partial charge in [0.25, 0.3) is 0 Å². The average Bonchev–Trinajstić information content (AvgIpc) is 2.45. The van der Waals surface area contributed by atoms with Gasteiger partial charge in [-0.15, -0.1) is 0 Å². The van der Waals surface area contributed by atoms with Crippen LogP contribution in [0.25, 0.3) is 0 Å². The van der Waals surface area contributed by atoms with Gasteiger partial charge < -0.3 is 15.0 Å². The minimum atomic E-state index is 0.0712. The van der Waals surface area contributed by atoms with E-state index in [0.29, 0.717) is 6.04 Å². The number of nitrogens with one attached hydrogen (secondary N) is 1. The molecule has 0 saturated heterocycles. The molecule has 0 amide bonds. The van der Waals surface area contributed by atoms with Crippen molar-refractivity contribution in [3.05, 3.63) is 28.8 Å². The summed E-state index contributed by atoms with van der Waals surface area (Å²) in [5.74, 6) is 0.967. The van der Waals surface area contributed by atoms with Crippen LogP contribution in [0.4, 0.5) is 0 Å². The van der Waals surface area contributed by atoms with Gasteiger partial charge in [-0.3, -0.25) is 0 Å². The Kier molecular flexibility index (Phi) is 6.24. The maximum absolute atomic E-state index is 5.45. The first-order chi connectivity index (χ1) is 9.81. The second-order valence-electron chi connectivity index (χ2n) is 6.27. The monoisotopic (exact) mass is 292 g/mol. The van der Waals surface area contributed by atoms with Crippen molar-refractivity contribution >= 4 is 0 Å². The molecule has 0 aromatic heterocycles. The molecule has 120 valence electrons. The summed E-state index contributed by atoms with van der Waals surface area (Å²) in [7, 11) is 6.07. The van der Waals surface area contributed by atoms with Crippen molar-refractivity contribution in [1.29, 1.82) is 0 Å². The summed E-state index contributed by atoms with van der Waals surface area (Å²) in [6, 6.07) is 4.73. The van der Waals surface area contributed by atoms with Crippen LogP contribution >= 0.6 is 0 Å². The van der Waals surface area contributed by atoms with Crippen molar-refractivity contribution in [1.82, 2.24) is 10.2 Å². The molecule has 1 aromatic rings. The predicted molar refractivity (Wildman–Crippen MR) is 91.3 cm³/mol. The number of benzene rings is 1. The van der Waals surface area contributed by atoms with Crippen LogP contribution in [0.2, 0.25) is 0 Å². The van der Waals surface area contributed by atoms with Crippen molar-refractivity contribution in [2.24, 2.45) is 0 Å². The number of hydrogen-bond donors (Lipinski definition) is 1. The van der Waals surface area contributed by atoms with Crippen LogP contribution in [0.1, 0.15) is 49.9 Å². The van der Waals surface area contributed by atoms with Crippen LogP contribution in [0.5, 0.6) is 5.75 Å². The van der Waals surface area contributed by atoms with Gasteiger partial charge >= 0.3 is 0 Å². The molecule has 0 aliphatic carbocycles. The topological polar surface area (TPSA) is 24.5 Å². The highest BCUT2D eigenvalue weighted by atomic mass is 16.5. The Balaban J connectivity index is 3.38. The zero-order valence-corrected chi connectivity index (χ0v) is 15.0. The molecule has 0 radical (unpaired) electrons. The first kappa shape index (κ1) is 18.0. The lowest BCUT2D eigenvalue weighted by Gasteiger charge is -2.44. The molecule has 1 aromatic carbocycles. The average molecular weight is 292 g/mol. The summed E-state index contributed by atoms with van der Waals surface area (Å²) in [5.41, 5.74) is 3.92. The van der Waals surface area contributed by atoms with Crippen LogP contribution in [0.3, 0.4) is 0 Å². The zero-order chi connectivity index (χ0) is 16.2. The second kappa shape index (κ2) is 7.28. The molecule has 0 spiro atoms. The molecule has 0 heterocycles. The number of aryl methyl sites for hydroxylation is 2. The fraction of sp³-hybridized carbons (Fsp3) is 0.667. The Morgan fingerprint density at radius 3 is 2.24 bits per heavy atom. The number of methoxy groups -OCH3 is 1. The SMILES string of the molecule is CCNC(c1cc(C)c(OC)cc1C)C(C)(CC)N(C)C. The van der Waals surface area contributed by atoms with Crippen molar-refractivity contribution in [2.75, 3.05) is 27.7 Å². The molecule has 0 fully saturated rings. The fourth-order valence-corrected chi connectivity index (χ4v) is 2.99. The lowest BCUT2D eigenvalue weighted by molar-refractivity contribution is 0.113. The third kappa shape index (κ3) is 3.58. The Labute approximate surface area is 130 Å². The molecule has 1 rings (SSSR count). The van der Waals surface area contributed by atoms with Gasteiger partial charge in [0.05, 0.1) is 13.2 Å². The van der Waals surface area contributed by atoms with Crippen molar-refractivity contribution in [2.45, 2.75) is 52.6 Å². The van der Waals surface area contributed by atoms with E-state index in [1.165, 1.54) is 16.7 Å². The van der Waals surface area contributed by atoms with Gasteiger partial charge in [0.2, 0.25) is 0 Å². The van der Waals surface area contributed by atoms with E-state index in [9.17, 15) is 0 Å². The molecule has 2 atom stereocenters. The summed E-state index contributed by atoms with van der Waals surface area (Å²) in [6.45, 7) is 12.0. The Hall–Kier alpha value is -1.06. The summed E-state index contributed by atoms with van der Waals surface area (Å²) in [5, 5.41) is 3.69. The van der Waals surface area contributed by atoms with E-state index in [1.807, 2.05) is 0 Å². The third-order valence-corrected chi connectivity index (χ3v) is 4.86. The maximum Gasteiger partial charge on any atom is 0.122 e. The standard InChI is InChI=1S/C18H32N2O/c1-9-18(5,20(6)7)17(19-10-2)15-11-14(4)16(21-8)12-13(15)3/h11-12,17,19H,9-10H2,1-8H3. The van der Waals surface area contributed by atoms with Gasteiger partial charge in [0, 0.05) is 5.54 Å². The van der Waals surface area contributed by atoms with E-state index in [2.05, 4.69) is 71.1 Å². The summed E-state index contributed by atoms with van der Waals surface area (Å²) in [6.07, 6.45) is 1.09. The van der Waals surface area contributed by atoms with E-state index in [1.54, 1.807) is 7.11 Å². The Morgan fingerprint density at radius 1 is 1.19 bits per heavy atom. The van der Waals surface area contributed by atoms with Gasteiger partial charge in [-0.1, -0.05) is 19.9 Å². The zero-order valence-electron chi connectivity index (χ0n) is 15.0. The van der Waals surface area contributed by atoms with Crippen LogP contribution in [-0.4, -0.2) is 38.2 Å². The third-order valence-electron chi connectivity index (χ3n) is 4.86. The molecular weight excluding hydrogens is 260 g/mol. The lowest BCUT2D eigenvalue weighted by atomic mass is 9.81. The molecule has 3 heteroatoms. The predicted octanol–water partition coefficient (Wildman–Crippen LogP) is 3.69. The van der Waals surface area contributed by atoms with E-state index in [4.69, 9.17) is 4.74 Å². The molecule has 0 saturated carbocycles. The molecule has 0 bridgehead atoms. The summed E-state index contributed by atoms with van der Waals surface area (Å²) in [4.78, 5) is 2.33. The fourth-order valence-electron chi connectivity index (χ4n) is 2.99. The highest BCUT2D eigenvalue weighted by Gasteiger charge is 2.36. The highest BCUT2D eigenvalue weighted by molar-refractivity contribution is 5.44. The van der Waals surface area contributed by atoms with Gasteiger partial charge in [-0.25, -0.2) is 0 Å². The summed E-state index contributed by atoms with van der Waals surface area (Å²) >= 11 is 0. The largest absolute Gasteiger partial charge is 0.496 e. The number of nitrogens with zero attached hydrogens (tertiary/aromatic N) is 1. The highest BCUT2D eigenvalue weighted by Crippen LogP contribution is 2.36. The molecule has 1 N–H and O–H groups in total. The van der Waals surface area contributed by atoms with Crippen LogP contribution in [0.15, 0.2) is 12.1 Å². The normalized spacial score (nSPS) is 15.9. The number of ether oxygens (including phenoxy) is 1. The molecule has 0 aliphatic rings. The minimum absolute atomic E-state index is 0.0712. The van der Waals surface area contributed by atoms with E-state index >= 15 is 0 Å². The smallest absolute Gasteiger partial charge is 0.122 e. The summed E-state index contributed by atoms with van der Waals surface area (Å²) < 4.78 is 5.45. The number of hydrogen-bond acceptors (Lipinski definition) is 3. The van der Waals surface area contributed by atoms with Crippen molar-refractivity contribution < 1.29 is 4.74 Å². The molecule has 2 unspecified atom stereocenters. The minimum Gasteiger partial charge on any atom is -0.496 e. The first-order valence-electron chi connectivity index (χ1n) is 7.87. The molecule has 3 nitrogen and oxygen atoms in total. The van der Waals surface area contributed by atoms with Gasteiger partial charge in [-0.05, 0) is 70.6 Å². The van der Waals surface area contributed by atoms with Gasteiger partial charge in [0.15, 0.2) is 0 Å². The van der Waals surface area contributed by atoms with Gasteiger partial charge in [0.1, 0.15) is 5.75 Å². The number of likely N-dealkylation sites (N-methyl/N-ethyl adjacent to an activating group) is 2. The molecular formula is C18H32N2O. The van der Waals surface area contributed by atoms with E-state index < -0.39 is 0 Å². The maximum atomic E-state index is 5.45. The van der Waals surface area contributed by atoms with Crippen LogP contribution in [0, 0.1) is 13.8 Å². The Bertz CT molecular complexity index is 471. The second-order valence-corrected chi connectivity index (χ2v) is 6.27. The van der Waals surface area contributed by atoms with Crippen LogP contribution < -0.4 is 10.1 Å². The first-order valence-corrected chi connectivity index (χ1v) is 7.87.